The Balaban J connectivity index is 3.56. The third kappa shape index (κ3) is 7.21. The SMILES string of the molecule is CCC(CSC)NC(=O)CCCNC. The fraction of sp³-hybridized carbons (Fsp3) is 0.900. The zero-order chi connectivity index (χ0) is 10.8. The summed E-state index contributed by atoms with van der Waals surface area (Å²) in [6.07, 6.45) is 4.62. The molecule has 4 heteroatoms. The molecule has 0 saturated carbocycles. The van der Waals surface area contributed by atoms with E-state index in [2.05, 4.69) is 23.8 Å². The van der Waals surface area contributed by atoms with E-state index in [1.165, 1.54) is 0 Å². The molecule has 0 fully saturated rings. The van der Waals surface area contributed by atoms with Crippen LogP contribution in [-0.2, 0) is 4.79 Å². The molecule has 0 radical (unpaired) electrons. The lowest BCUT2D eigenvalue weighted by Crippen LogP contribution is -2.36. The molecule has 1 atom stereocenters. The van der Waals surface area contributed by atoms with Crippen LogP contribution < -0.4 is 10.6 Å². The Morgan fingerprint density at radius 3 is 2.71 bits per heavy atom. The molecule has 0 heterocycles. The van der Waals surface area contributed by atoms with Gasteiger partial charge in [0.25, 0.3) is 0 Å². The van der Waals surface area contributed by atoms with Crippen LogP contribution in [0.15, 0.2) is 0 Å². The second-order valence-corrected chi connectivity index (χ2v) is 4.25. The van der Waals surface area contributed by atoms with Gasteiger partial charge >= 0.3 is 0 Å². The van der Waals surface area contributed by atoms with Crippen molar-refractivity contribution >= 4 is 17.7 Å². The summed E-state index contributed by atoms with van der Waals surface area (Å²) in [5, 5.41) is 6.07. The van der Waals surface area contributed by atoms with Crippen molar-refractivity contribution in [2.75, 3.05) is 25.6 Å². The lowest BCUT2D eigenvalue weighted by molar-refractivity contribution is -0.121. The topological polar surface area (TPSA) is 41.1 Å². The first-order valence-corrected chi connectivity index (χ1v) is 6.56. The van der Waals surface area contributed by atoms with Gasteiger partial charge in [-0.2, -0.15) is 11.8 Å². The molecule has 3 nitrogen and oxygen atoms in total. The molecule has 0 aromatic carbocycles. The maximum absolute atomic E-state index is 11.4. The average molecular weight is 218 g/mol. The fourth-order valence-corrected chi connectivity index (χ4v) is 1.91. The van der Waals surface area contributed by atoms with E-state index in [0.29, 0.717) is 12.5 Å². The Hall–Kier alpha value is -0.220. The molecule has 0 spiro atoms. The molecule has 0 aromatic heterocycles. The van der Waals surface area contributed by atoms with Gasteiger partial charge in [-0.15, -0.1) is 0 Å². The van der Waals surface area contributed by atoms with Gasteiger partial charge in [0.2, 0.25) is 5.91 Å². The van der Waals surface area contributed by atoms with E-state index in [1.54, 1.807) is 11.8 Å². The van der Waals surface area contributed by atoms with Gasteiger partial charge in [0.05, 0.1) is 0 Å². The van der Waals surface area contributed by atoms with Crippen LogP contribution in [0.1, 0.15) is 26.2 Å². The minimum Gasteiger partial charge on any atom is -0.353 e. The molecule has 0 aliphatic rings. The summed E-state index contributed by atoms with van der Waals surface area (Å²) < 4.78 is 0. The zero-order valence-electron chi connectivity index (χ0n) is 9.43. The van der Waals surface area contributed by atoms with Crippen molar-refractivity contribution in [2.24, 2.45) is 0 Å². The maximum Gasteiger partial charge on any atom is 0.220 e. The van der Waals surface area contributed by atoms with Crippen molar-refractivity contribution in [3.05, 3.63) is 0 Å². The minimum atomic E-state index is 0.182. The number of carbonyl (C=O) groups excluding carboxylic acids is 1. The molecule has 0 bridgehead atoms. The van der Waals surface area contributed by atoms with E-state index in [9.17, 15) is 4.79 Å². The molecule has 84 valence electrons. The minimum absolute atomic E-state index is 0.182. The van der Waals surface area contributed by atoms with Crippen LogP contribution in [0.5, 0.6) is 0 Å². The van der Waals surface area contributed by atoms with Gasteiger partial charge in [0.15, 0.2) is 0 Å². The third-order valence-corrected chi connectivity index (χ3v) is 2.79. The van der Waals surface area contributed by atoms with Crippen molar-refractivity contribution in [1.29, 1.82) is 0 Å². The molecule has 0 saturated heterocycles. The quantitative estimate of drug-likeness (QED) is 0.602. The molecule has 1 amide bonds. The Bertz CT molecular complexity index is 153. The smallest absolute Gasteiger partial charge is 0.220 e. The molecule has 0 aromatic rings. The number of nitrogens with one attached hydrogen (secondary N) is 2. The molecule has 0 aliphatic carbocycles. The lowest BCUT2D eigenvalue weighted by Gasteiger charge is -2.15. The lowest BCUT2D eigenvalue weighted by atomic mass is 10.2. The number of hydrogen-bond acceptors (Lipinski definition) is 3. The highest BCUT2D eigenvalue weighted by Gasteiger charge is 2.08. The maximum atomic E-state index is 11.4. The zero-order valence-corrected chi connectivity index (χ0v) is 10.2. The number of amides is 1. The van der Waals surface area contributed by atoms with E-state index < -0.39 is 0 Å². The van der Waals surface area contributed by atoms with Crippen LogP contribution >= 0.6 is 11.8 Å². The standard InChI is InChI=1S/C10H22N2OS/c1-4-9(8-14-3)12-10(13)6-5-7-11-2/h9,11H,4-8H2,1-3H3,(H,12,13). The van der Waals surface area contributed by atoms with Gasteiger partial charge < -0.3 is 10.6 Å². The summed E-state index contributed by atoms with van der Waals surface area (Å²) in [5.41, 5.74) is 0. The Kier molecular flexibility index (Phi) is 9.19. The molecule has 0 rings (SSSR count). The molecule has 0 aliphatic heterocycles. The summed E-state index contributed by atoms with van der Waals surface area (Å²) in [5.74, 6) is 1.19. The van der Waals surface area contributed by atoms with Crippen LogP contribution in [0.3, 0.4) is 0 Å². The summed E-state index contributed by atoms with van der Waals surface area (Å²) in [6, 6.07) is 0.340. The molecular weight excluding hydrogens is 196 g/mol. The third-order valence-electron chi connectivity index (χ3n) is 2.06. The highest BCUT2D eigenvalue weighted by molar-refractivity contribution is 7.98. The van der Waals surface area contributed by atoms with Gasteiger partial charge in [-0.3, -0.25) is 4.79 Å². The van der Waals surface area contributed by atoms with E-state index in [1.807, 2.05) is 7.05 Å². The first-order chi connectivity index (χ1) is 6.74. The normalized spacial score (nSPS) is 12.5. The number of hydrogen-bond donors (Lipinski definition) is 2. The van der Waals surface area contributed by atoms with Crippen LogP contribution in [0.4, 0.5) is 0 Å². The van der Waals surface area contributed by atoms with Gasteiger partial charge in [-0.25, -0.2) is 0 Å². The van der Waals surface area contributed by atoms with Gasteiger partial charge in [-0.1, -0.05) is 6.92 Å². The van der Waals surface area contributed by atoms with E-state index >= 15 is 0 Å². The highest BCUT2D eigenvalue weighted by atomic mass is 32.2. The predicted molar refractivity (Wildman–Crippen MR) is 63.8 cm³/mol. The Morgan fingerprint density at radius 2 is 2.21 bits per heavy atom. The fourth-order valence-electron chi connectivity index (χ4n) is 1.19. The summed E-state index contributed by atoms with van der Waals surface area (Å²) in [7, 11) is 1.90. The van der Waals surface area contributed by atoms with Crippen molar-refractivity contribution in [1.82, 2.24) is 10.6 Å². The van der Waals surface area contributed by atoms with Crippen molar-refractivity contribution in [3.63, 3.8) is 0 Å². The average Bonchev–Trinajstić information content (AvgIpc) is 2.17. The van der Waals surface area contributed by atoms with E-state index in [4.69, 9.17) is 0 Å². The van der Waals surface area contributed by atoms with Crippen molar-refractivity contribution in [2.45, 2.75) is 32.2 Å². The van der Waals surface area contributed by atoms with Crippen LogP contribution in [0.2, 0.25) is 0 Å². The highest BCUT2D eigenvalue weighted by Crippen LogP contribution is 2.01. The molecule has 14 heavy (non-hydrogen) atoms. The van der Waals surface area contributed by atoms with Gasteiger partial charge in [-0.05, 0) is 32.7 Å². The molecular formula is C10H22N2OS. The number of carbonyl (C=O) groups is 1. The Labute approximate surface area is 91.4 Å². The predicted octanol–water partition coefficient (Wildman–Crippen LogP) is 1.24. The van der Waals surface area contributed by atoms with Crippen LogP contribution in [0.25, 0.3) is 0 Å². The van der Waals surface area contributed by atoms with Crippen LogP contribution in [-0.4, -0.2) is 37.6 Å². The van der Waals surface area contributed by atoms with E-state index in [0.717, 1.165) is 25.1 Å². The van der Waals surface area contributed by atoms with Crippen molar-refractivity contribution < 1.29 is 4.79 Å². The first kappa shape index (κ1) is 13.8. The number of thioether (sulfide) groups is 1. The number of rotatable bonds is 8. The summed E-state index contributed by atoms with van der Waals surface area (Å²) in [6.45, 7) is 3.02. The molecule has 2 N–H and O–H groups in total. The van der Waals surface area contributed by atoms with Crippen LogP contribution in [0, 0.1) is 0 Å². The first-order valence-electron chi connectivity index (χ1n) is 5.17. The van der Waals surface area contributed by atoms with E-state index in [-0.39, 0.29) is 5.91 Å². The van der Waals surface area contributed by atoms with Crippen molar-refractivity contribution in [3.8, 4) is 0 Å². The summed E-state index contributed by atoms with van der Waals surface area (Å²) in [4.78, 5) is 11.4. The largest absolute Gasteiger partial charge is 0.353 e. The second-order valence-electron chi connectivity index (χ2n) is 3.34. The van der Waals surface area contributed by atoms with Gasteiger partial charge in [0, 0.05) is 18.2 Å². The Morgan fingerprint density at radius 1 is 1.50 bits per heavy atom. The molecule has 1 unspecified atom stereocenters. The second kappa shape index (κ2) is 9.34. The monoisotopic (exact) mass is 218 g/mol. The van der Waals surface area contributed by atoms with Gasteiger partial charge in [0.1, 0.15) is 0 Å². The summed E-state index contributed by atoms with van der Waals surface area (Å²) >= 11 is 1.78.